The Morgan fingerprint density at radius 2 is 2.27 bits per heavy atom. The summed E-state index contributed by atoms with van der Waals surface area (Å²) in [7, 11) is 0. The molecule has 0 spiro atoms. The largest absolute Gasteiger partial charge is 0.466 e. The van der Waals surface area contributed by atoms with Crippen molar-refractivity contribution in [1.82, 2.24) is 15.0 Å². The maximum absolute atomic E-state index is 11.2. The second-order valence-electron chi connectivity index (χ2n) is 2.77. The molecule has 2 rings (SSSR count). The third-order valence-electron chi connectivity index (χ3n) is 1.69. The van der Waals surface area contributed by atoms with Gasteiger partial charge in [-0.2, -0.15) is 0 Å². The topological polar surface area (TPSA) is 65.0 Å². The first-order chi connectivity index (χ1) is 7.29. The summed E-state index contributed by atoms with van der Waals surface area (Å²) in [6.07, 6.45) is 3.38. The van der Waals surface area contributed by atoms with Gasteiger partial charge in [-0.05, 0) is 6.92 Å². The van der Waals surface area contributed by atoms with Crippen LogP contribution in [-0.4, -0.2) is 27.5 Å². The highest BCUT2D eigenvalue weighted by atomic mass is 32.1. The van der Waals surface area contributed by atoms with Gasteiger partial charge in [-0.1, -0.05) is 11.3 Å². The van der Waals surface area contributed by atoms with Gasteiger partial charge in [0, 0.05) is 12.4 Å². The van der Waals surface area contributed by atoms with Crippen molar-refractivity contribution in [3.8, 4) is 0 Å². The van der Waals surface area contributed by atoms with Gasteiger partial charge in [-0.25, -0.2) is 15.0 Å². The number of carbonyl (C=O) groups excluding carboxylic acids is 1. The van der Waals surface area contributed by atoms with E-state index in [1.54, 1.807) is 19.3 Å². The molecule has 0 atom stereocenters. The summed E-state index contributed by atoms with van der Waals surface area (Å²) in [4.78, 5) is 24.3. The minimum atomic E-state index is -0.267. The van der Waals surface area contributed by atoms with Crippen molar-refractivity contribution >= 4 is 27.8 Å². The molecule has 0 unspecified atom stereocenters. The molecule has 15 heavy (non-hydrogen) atoms. The molecule has 0 radical (unpaired) electrons. The van der Waals surface area contributed by atoms with Gasteiger partial charge >= 0.3 is 5.97 Å². The van der Waals surface area contributed by atoms with E-state index in [1.807, 2.05) is 0 Å². The fraction of sp³-hybridized carbons (Fsp3) is 0.333. The predicted molar refractivity (Wildman–Crippen MR) is 55.5 cm³/mol. The number of rotatable bonds is 3. The fourth-order valence-corrected chi connectivity index (χ4v) is 1.98. The second kappa shape index (κ2) is 4.31. The van der Waals surface area contributed by atoms with Gasteiger partial charge in [0.25, 0.3) is 0 Å². The van der Waals surface area contributed by atoms with E-state index in [4.69, 9.17) is 4.74 Å². The first kappa shape index (κ1) is 9.97. The van der Waals surface area contributed by atoms with Crippen molar-refractivity contribution in [2.45, 2.75) is 13.3 Å². The smallest absolute Gasteiger partial charge is 0.312 e. The number of ether oxygens (including phenoxy) is 1. The molecule has 0 saturated heterocycles. The zero-order chi connectivity index (χ0) is 10.7. The lowest BCUT2D eigenvalue weighted by Crippen LogP contribution is -2.06. The van der Waals surface area contributed by atoms with E-state index in [-0.39, 0.29) is 12.4 Å². The SMILES string of the molecule is CCOC(=O)Cc1nc2nccnc2s1. The van der Waals surface area contributed by atoms with E-state index in [9.17, 15) is 4.79 Å². The zero-order valence-electron chi connectivity index (χ0n) is 8.14. The van der Waals surface area contributed by atoms with Crippen LogP contribution in [0.5, 0.6) is 0 Å². The minimum absolute atomic E-state index is 0.191. The molecule has 0 bridgehead atoms. The Kier molecular flexibility index (Phi) is 2.86. The van der Waals surface area contributed by atoms with Crippen molar-refractivity contribution in [3.05, 3.63) is 17.4 Å². The van der Waals surface area contributed by atoms with Crippen LogP contribution >= 0.6 is 11.3 Å². The molecule has 0 amide bonds. The number of aromatic nitrogens is 3. The van der Waals surface area contributed by atoms with Gasteiger partial charge in [-0.3, -0.25) is 4.79 Å². The average molecular weight is 223 g/mol. The van der Waals surface area contributed by atoms with Gasteiger partial charge < -0.3 is 4.74 Å². The Hall–Kier alpha value is -1.56. The number of carbonyl (C=O) groups is 1. The molecule has 0 aliphatic carbocycles. The van der Waals surface area contributed by atoms with Crippen LogP contribution in [0.15, 0.2) is 12.4 Å². The van der Waals surface area contributed by atoms with Crippen LogP contribution in [0.25, 0.3) is 10.5 Å². The first-order valence-electron chi connectivity index (χ1n) is 4.51. The van der Waals surface area contributed by atoms with Crippen LogP contribution in [0.3, 0.4) is 0 Å². The minimum Gasteiger partial charge on any atom is -0.466 e. The van der Waals surface area contributed by atoms with Crippen molar-refractivity contribution in [2.75, 3.05) is 6.61 Å². The normalized spacial score (nSPS) is 10.5. The molecule has 6 heteroatoms. The van der Waals surface area contributed by atoms with E-state index in [1.165, 1.54) is 11.3 Å². The van der Waals surface area contributed by atoms with E-state index >= 15 is 0 Å². The van der Waals surface area contributed by atoms with Gasteiger partial charge in [0.15, 0.2) is 10.5 Å². The molecule has 2 aromatic rings. The number of fused-ring (bicyclic) bond motifs is 1. The molecule has 0 aliphatic rings. The monoisotopic (exact) mass is 223 g/mol. The standard InChI is InChI=1S/C9H9N3O2S/c1-2-14-7(13)5-6-12-8-9(15-6)11-4-3-10-8/h3-4H,2,5H2,1H3. The van der Waals surface area contributed by atoms with Crippen LogP contribution in [0.1, 0.15) is 11.9 Å². The van der Waals surface area contributed by atoms with E-state index < -0.39 is 0 Å². The maximum Gasteiger partial charge on any atom is 0.312 e. The molecule has 0 aromatic carbocycles. The van der Waals surface area contributed by atoms with E-state index in [0.29, 0.717) is 17.3 Å². The third kappa shape index (κ3) is 2.27. The summed E-state index contributed by atoms with van der Waals surface area (Å²) in [6.45, 7) is 2.17. The van der Waals surface area contributed by atoms with Crippen molar-refractivity contribution in [1.29, 1.82) is 0 Å². The van der Waals surface area contributed by atoms with Gasteiger partial charge in [-0.15, -0.1) is 0 Å². The van der Waals surface area contributed by atoms with Gasteiger partial charge in [0.1, 0.15) is 5.01 Å². The molecule has 0 fully saturated rings. The quantitative estimate of drug-likeness (QED) is 0.731. The zero-order valence-corrected chi connectivity index (χ0v) is 8.95. The average Bonchev–Trinajstić information content (AvgIpc) is 2.59. The fourth-order valence-electron chi connectivity index (χ4n) is 1.13. The molecule has 78 valence electrons. The van der Waals surface area contributed by atoms with Crippen LogP contribution in [0, 0.1) is 0 Å². The number of esters is 1. The molecule has 2 aromatic heterocycles. The highest BCUT2D eigenvalue weighted by Crippen LogP contribution is 2.17. The number of hydrogen-bond acceptors (Lipinski definition) is 6. The lowest BCUT2D eigenvalue weighted by atomic mass is 10.4. The summed E-state index contributed by atoms with van der Waals surface area (Å²) in [5.74, 6) is -0.267. The lowest BCUT2D eigenvalue weighted by Gasteiger charge is -1.96. The first-order valence-corrected chi connectivity index (χ1v) is 5.33. The van der Waals surface area contributed by atoms with Crippen LogP contribution < -0.4 is 0 Å². The Morgan fingerprint density at radius 1 is 1.47 bits per heavy atom. The highest BCUT2D eigenvalue weighted by molar-refractivity contribution is 7.18. The molecular formula is C9H9N3O2S. The van der Waals surface area contributed by atoms with Crippen LogP contribution in [0.2, 0.25) is 0 Å². The summed E-state index contributed by atoms with van der Waals surface area (Å²) < 4.78 is 4.83. The lowest BCUT2D eigenvalue weighted by molar-refractivity contribution is -0.142. The van der Waals surface area contributed by atoms with Crippen LogP contribution in [-0.2, 0) is 16.0 Å². The molecule has 0 aliphatic heterocycles. The number of nitrogens with zero attached hydrogens (tertiary/aromatic N) is 3. The van der Waals surface area contributed by atoms with E-state index in [2.05, 4.69) is 15.0 Å². The Bertz CT molecular complexity index is 450. The number of thiazole rings is 1. The van der Waals surface area contributed by atoms with Crippen molar-refractivity contribution in [3.63, 3.8) is 0 Å². The van der Waals surface area contributed by atoms with Crippen LogP contribution in [0.4, 0.5) is 0 Å². The maximum atomic E-state index is 11.2. The summed E-state index contributed by atoms with van der Waals surface area (Å²) in [5, 5.41) is 0.689. The Balaban J connectivity index is 2.18. The number of hydrogen-bond donors (Lipinski definition) is 0. The highest BCUT2D eigenvalue weighted by Gasteiger charge is 2.10. The molecule has 0 saturated carbocycles. The third-order valence-corrected chi connectivity index (χ3v) is 2.65. The van der Waals surface area contributed by atoms with Gasteiger partial charge in [0.05, 0.1) is 13.0 Å². The Morgan fingerprint density at radius 3 is 3.00 bits per heavy atom. The molecule has 2 heterocycles. The summed E-state index contributed by atoms with van der Waals surface area (Å²) in [6, 6.07) is 0. The van der Waals surface area contributed by atoms with Crippen molar-refractivity contribution < 1.29 is 9.53 Å². The molecular weight excluding hydrogens is 214 g/mol. The van der Waals surface area contributed by atoms with Crippen molar-refractivity contribution in [2.24, 2.45) is 0 Å². The Labute approximate surface area is 90.1 Å². The summed E-state index contributed by atoms with van der Waals surface area (Å²) in [5.41, 5.74) is 0.585. The van der Waals surface area contributed by atoms with Gasteiger partial charge in [0.2, 0.25) is 0 Å². The summed E-state index contributed by atoms with van der Waals surface area (Å²) >= 11 is 1.37. The van der Waals surface area contributed by atoms with E-state index in [0.717, 1.165) is 4.83 Å². The molecule has 5 nitrogen and oxygen atoms in total. The predicted octanol–water partition coefficient (Wildman–Crippen LogP) is 1.19. The second-order valence-corrected chi connectivity index (χ2v) is 3.84. The molecule has 0 N–H and O–H groups in total.